The van der Waals surface area contributed by atoms with Gasteiger partial charge in [-0.15, -0.1) is 0 Å². The van der Waals surface area contributed by atoms with E-state index in [0.29, 0.717) is 10.0 Å². The lowest BCUT2D eigenvalue weighted by Crippen LogP contribution is -2.28. The van der Waals surface area contributed by atoms with E-state index in [1.165, 1.54) is 37.4 Å². The molecule has 1 aliphatic carbocycles. The molecule has 2 N–H and O–H groups in total. The van der Waals surface area contributed by atoms with Crippen LogP contribution in [0.15, 0.2) is 45.8 Å². The highest BCUT2D eigenvalue weighted by atomic mass is 79.9. The first-order valence-electron chi connectivity index (χ1n) is 8.67. The zero-order valence-electron chi connectivity index (χ0n) is 15.3. The third kappa shape index (κ3) is 4.71. The molecule has 1 fully saturated rings. The number of rotatable bonds is 7. The van der Waals surface area contributed by atoms with E-state index in [1.807, 2.05) is 0 Å². The van der Waals surface area contributed by atoms with E-state index in [9.17, 15) is 17.6 Å². The second kappa shape index (κ2) is 8.18. The van der Waals surface area contributed by atoms with Gasteiger partial charge in [0.1, 0.15) is 0 Å². The Morgan fingerprint density at radius 1 is 1.25 bits per heavy atom. The molecule has 1 saturated carbocycles. The van der Waals surface area contributed by atoms with E-state index in [4.69, 9.17) is 4.74 Å². The molecule has 6 nitrogen and oxygen atoms in total. The van der Waals surface area contributed by atoms with Crippen molar-refractivity contribution in [1.82, 2.24) is 10.0 Å². The Morgan fingerprint density at radius 2 is 1.96 bits per heavy atom. The summed E-state index contributed by atoms with van der Waals surface area (Å²) in [6.07, 6.45) is 1.64. The van der Waals surface area contributed by atoms with Gasteiger partial charge in [0.25, 0.3) is 5.91 Å². The minimum absolute atomic E-state index is 0.0240. The number of amides is 1. The van der Waals surface area contributed by atoms with E-state index in [-0.39, 0.29) is 22.3 Å². The van der Waals surface area contributed by atoms with Crippen molar-refractivity contribution in [2.45, 2.75) is 36.7 Å². The lowest BCUT2D eigenvalue weighted by Gasteiger charge is -2.16. The number of benzene rings is 2. The number of hydrogen-bond donors (Lipinski definition) is 2. The van der Waals surface area contributed by atoms with Crippen LogP contribution in [0.5, 0.6) is 5.75 Å². The van der Waals surface area contributed by atoms with Crippen molar-refractivity contribution in [2.75, 3.05) is 7.11 Å². The Morgan fingerprint density at radius 3 is 2.57 bits per heavy atom. The van der Waals surface area contributed by atoms with E-state index < -0.39 is 27.8 Å². The number of ether oxygens (including phenoxy) is 1. The first-order chi connectivity index (χ1) is 13.2. The fourth-order valence-corrected chi connectivity index (χ4v) is 4.40. The zero-order chi connectivity index (χ0) is 20.5. The number of hydrogen-bond acceptors (Lipinski definition) is 4. The van der Waals surface area contributed by atoms with E-state index in [1.54, 1.807) is 13.0 Å². The largest absolute Gasteiger partial charge is 0.494 e. The summed E-state index contributed by atoms with van der Waals surface area (Å²) in [6, 6.07) is 8.19. The second-order valence-corrected chi connectivity index (χ2v) is 9.19. The molecule has 0 aliphatic heterocycles. The molecule has 9 heteroatoms. The molecule has 3 rings (SSSR count). The summed E-state index contributed by atoms with van der Waals surface area (Å²) in [6.45, 7) is 1.71. The third-order valence-electron chi connectivity index (χ3n) is 4.42. The van der Waals surface area contributed by atoms with Crippen LogP contribution < -0.4 is 14.8 Å². The highest BCUT2D eigenvalue weighted by molar-refractivity contribution is 9.10. The van der Waals surface area contributed by atoms with Crippen LogP contribution in [0.3, 0.4) is 0 Å². The lowest BCUT2D eigenvalue weighted by atomic mass is 10.1. The summed E-state index contributed by atoms with van der Waals surface area (Å²) in [5.74, 6) is -0.883. The van der Waals surface area contributed by atoms with Crippen LogP contribution in [-0.2, 0) is 10.0 Å². The Balaban J connectivity index is 1.79. The Labute approximate surface area is 171 Å². The van der Waals surface area contributed by atoms with Gasteiger partial charge in [0.05, 0.1) is 23.6 Å². The number of carbonyl (C=O) groups is 1. The highest BCUT2D eigenvalue weighted by Gasteiger charge is 2.28. The molecule has 28 heavy (non-hydrogen) atoms. The van der Waals surface area contributed by atoms with Crippen molar-refractivity contribution in [3.8, 4) is 5.75 Å². The molecule has 1 amide bonds. The molecule has 0 radical (unpaired) electrons. The standard InChI is InChI=1S/C19H20BrFN2O4S/c1-11(12-3-8-18(27-2)17(21)9-12)22-19(24)15-10-14(6-7-16(15)20)28(25,26)23-13-4-5-13/h3,6-11,13,23H,4-5H2,1-2H3,(H,22,24). The van der Waals surface area contributed by atoms with Gasteiger partial charge < -0.3 is 10.1 Å². The smallest absolute Gasteiger partial charge is 0.252 e. The SMILES string of the molecule is COc1ccc(C(C)NC(=O)c2cc(S(=O)(=O)NC3CC3)ccc2Br)cc1F. The molecule has 1 unspecified atom stereocenters. The fraction of sp³-hybridized carbons (Fsp3) is 0.316. The second-order valence-electron chi connectivity index (χ2n) is 6.63. The molecule has 0 aromatic heterocycles. The minimum atomic E-state index is -3.68. The van der Waals surface area contributed by atoms with Gasteiger partial charge in [0, 0.05) is 10.5 Å². The molecule has 0 saturated heterocycles. The number of sulfonamides is 1. The number of halogens is 2. The predicted molar refractivity (Wildman–Crippen MR) is 106 cm³/mol. The summed E-state index contributed by atoms with van der Waals surface area (Å²) in [7, 11) is -2.30. The first kappa shape index (κ1) is 20.8. The summed E-state index contributed by atoms with van der Waals surface area (Å²) >= 11 is 3.29. The normalized spacial score (nSPS) is 15.1. The summed E-state index contributed by atoms with van der Waals surface area (Å²) in [4.78, 5) is 12.7. The third-order valence-corrected chi connectivity index (χ3v) is 6.63. The lowest BCUT2D eigenvalue weighted by molar-refractivity contribution is 0.0939. The van der Waals surface area contributed by atoms with Gasteiger partial charge in [-0.25, -0.2) is 17.5 Å². The highest BCUT2D eigenvalue weighted by Crippen LogP contribution is 2.26. The number of carbonyl (C=O) groups excluding carboxylic acids is 1. The van der Waals surface area contributed by atoms with Gasteiger partial charge >= 0.3 is 0 Å². The van der Waals surface area contributed by atoms with Crippen LogP contribution >= 0.6 is 15.9 Å². The fourth-order valence-electron chi connectivity index (χ4n) is 2.64. The van der Waals surface area contributed by atoms with Crippen LogP contribution in [0.4, 0.5) is 4.39 Å². The van der Waals surface area contributed by atoms with Crippen LogP contribution in [0.25, 0.3) is 0 Å². The van der Waals surface area contributed by atoms with Crippen LogP contribution in [0.1, 0.15) is 41.7 Å². The summed E-state index contributed by atoms with van der Waals surface area (Å²) < 4.78 is 46.6. The van der Waals surface area contributed by atoms with E-state index in [2.05, 4.69) is 26.0 Å². The molecule has 2 aromatic carbocycles. The quantitative estimate of drug-likeness (QED) is 0.647. The van der Waals surface area contributed by atoms with Crippen molar-refractivity contribution in [3.63, 3.8) is 0 Å². The molecular weight excluding hydrogens is 451 g/mol. The van der Waals surface area contributed by atoms with Gasteiger partial charge in [0.2, 0.25) is 10.0 Å². The molecule has 0 bridgehead atoms. The maximum Gasteiger partial charge on any atom is 0.252 e. The number of nitrogens with one attached hydrogen (secondary N) is 2. The van der Waals surface area contributed by atoms with Crippen molar-refractivity contribution >= 4 is 31.9 Å². The molecule has 0 heterocycles. The maximum absolute atomic E-state index is 13.9. The Kier molecular flexibility index (Phi) is 6.07. The van der Waals surface area contributed by atoms with E-state index in [0.717, 1.165) is 12.8 Å². The number of methoxy groups -OCH3 is 1. The molecule has 150 valence electrons. The first-order valence-corrected chi connectivity index (χ1v) is 10.9. The summed E-state index contributed by atoms with van der Waals surface area (Å²) in [5, 5.41) is 2.76. The van der Waals surface area contributed by atoms with Gasteiger partial charge in [-0.3, -0.25) is 4.79 Å². The van der Waals surface area contributed by atoms with Gasteiger partial charge in [-0.1, -0.05) is 6.07 Å². The Hall–Kier alpha value is -1.97. The van der Waals surface area contributed by atoms with Crippen LogP contribution in [0.2, 0.25) is 0 Å². The van der Waals surface area contributed by atoms with Crippen molar-refractivity contribution < 1.29 is 22.3 Å². The Bertz CT molecular complexity index is 1010. The van der Waals surface area contributed by atoms with Crippen LogP contribution in [0, 0.1) is 5.82 Å². The monoisotopic (exact) mass is 470 g/mol. The van der Waals surface area contributed by atoms with Crippen molar-refractivity contribution in [3.05, 3.63) is 57.8 Å². The zero-order valence-corrected chi connectivity index (χ0v) is 17.7. The van der Waals surface area contributed by atoms with E-state index >= 15 is 0 Å². The topological polar surface area (TPSA) is 84.5 Å². The predicted octanol–water partition coefficient (Wildman–Crippen LogP) is 3.53. The van der Waals surface area contributed by atoms with Gasteiger partial charge in [-0.2, -0.15) is 0 Å². The van der Waals surface area contributed by atoms with Gasteiger partial charge in [-0.05, 0) is 71.6 Å². The average Bonchev–Trinajstić information content (AvgIpc) is 3.44. The van der Waals surface area contributed by atoms with Crippen LogP contribution in [-0.4, -0.2) is 27.5 Å². The molecular formula is C19H20BrFN2O4S. The minimum Gasteiger partial charge on any atom is -0.494 e. The molecule has 2 aromatic rings. The molecule has 1 atom stereocenters. The average molecular weight is 471 g/mol. The van der Waals surface area contributed by atoms with Crippen molar-refractivity contribution in [2.24, 2.45) is 0 Å². The maximum atomic E-state index is 13.9. The van der Waals surface area contributed by atoms with Gasteiger partial charge in [0.15, 0.2) is 11.6 Å². The summed E-state index contributed by atoms with van der Waals surface area (Å²) in [5.41, 5.74) is 0.737. The van der Waals surface area contributed by atoms with Crippen molar-refractivity contribution in [1.29, 1.82) is 0 Å². The molecule has 0 spiro atoms. The molecule has 1 aliphatic rings.